The van der Waals surface area contributed by atoms with Crippen LogP contribution in [0.25, 0.3) is 0 Å². The van der Waals surface area contributed by atoms with Crippen molar-refractivity contribution in [3.05, 3.63) is 24.3 Å². The average Bonchev–Trinajstić information content (AvgIpc) is 2.54. The standard InChI is InChI=1S/C18H30N2O4S2/c1-7-16(17(21)19-12-13-25-18(2,3)4)20(26(6,22)23)14-8-10-15(24-5)11-9-14/h8-11,16H,7,12-13H2,1-6H3,(H,19,21)/t16-/m1/s1. The van der Waals surface area contributed by atoms with Crippen LogP contribution in [0.2, 0.25) is 0 Å². The molecule has 0 spiro atoms. The molecular formula is C18H30N2O4S2. The van der Waals surface area contributed by atoms with Crippen LogP contribution in [0.1, 0.15) is 34.1 Å². The number of thioether (sulfide) groups is 1. The predicted molar refractivity (Wildman–Crippen MR) is 110 cm³/mol. The second-order valence-corrected chi connectivity index (χ2v) is 10.7. The molecule has 0 heterocycles. The summed E-state index contributed by atoms with van der Waals surface area (Å²) >= 11 is 1.75. The molecule has 1 aromatic rings. The lowest BCUT2D eigenvalue weighted by atomic mass is 10.2. The number of carbonyl (C=O) groups excluding carboxylic acids is 1. The van der Waals surface area contributed by atoms with E-state index in [4.69, 9.17) is 4.74 Å². The van der Waals surface area contributed by atoms with Gasteiger partial charge in [-0.15, -0.1) is 0 Å². The minimum Gasteiger partial charge on any atom is -0.497 e. The number of sulfonamides is 1. The second-order valence-electron chi connectivity index (χ2n) is 6.93. The number of rotatable bonds is 9. The molecule has 0 aliphatic carbocycles. The minimum atomic E-state index is -3.62. The van der Waals surface area contributed by atoms with Crippen LogP contribution in [0.15, 0.2) is 24.3 Å². The first-order chi connectivity index (χ1) is 12.0. The number of ether oxygens (including phenoxy) is 1. The Morgan fingerprint density at radius 3 is 2.27 bits per heavy atom. The van der Waals surface area contributed by atoms with E-state index in [0.717, 1.165) is 12.0 Å². The molecule has 1 amide bonds. The lowest BCUT2D eigenvalue weighted by Gasteiger charge is -2.30. The second kappa shape index (κ2) is 9.50. The summed E-state index contributed by atoms with van der Waals surface area (Å²) in [5, 5.41) is 2.86. The Morgan fingerprint density at radius 2 is 1.85 bits per heavy atom. The molecule has 0 unspecified atom stereocenters. The maximum atomic E-state index is 12.6. The van der Waals surface area contributed by atoms with Crippen molar-refractivity contribution < 1.29 is 17.9 Å². The Labute approximate surface area is 161 Å². The largest absolute Gasteiger partial charge is 0.497 e. The van der Waals surface area contributed by atoms with Gasteiger partial charge in [-0.3, -0.25) is 9.10 Å². The van der Waals surface area contributed by atoms with Gasteiger partial charge in [-0.25, -0.2) is 8.42 Å². The van der Waals surface area contributed by atoms with Crippen molar-refractivity contribution in [3.8, 4) is 5.75 Å². The molecular weight excluding hydrogens is 372 g/mol. The zero-order chi connectivity index (χ0) is 20.0. The van der Waals surface area contributed by atoms with Crippen LogP contribution in [-0.2, 0) is 14.8 Å². The third kappa shape index (κ3) is 7.07. The van der Waals surface area contributed by atoms with Gasteiger partial charge in [-0.1, -0.05) is 27.7 Å². The molecule has 148 valence electrons. The molecule has 0 saturated heterocycles. The highest BCUT2D eigenvalue weighted by atomic mass is 32.2. The smallest absolute Gasteiger partial charge is 0.243 e. The molecule has 0 aliphatic rings. The van der Waals surface area contributed by atoms with E-state index >= 15 is 0 Å². The van der Waals surface area contributed by atoms with Gasteiger partial charge in [0.25, 0.3) is 0 Å². The Hall–Kier alpha value is -1.41. The quantitative estimate of drug-likeness (QED) is 0.643. The van der Waals surface area contributed by atoms with Gasteiger partial charge >= 0.3 is 0 Å². The van der Waals surface area contributed by atoms with E-state index in [9.17, 15) is 13.2 Å². The number of nitrogens with zero attached hydrogens (tertiary/aromatic N) is 1. The lowest BCUT2D eigenvalue weighted by Crippen LogP contribution is -2.49. The monoisotopic (exact) mass is 402 g/mol. The van der Waals surface area contributed by atoms with Crippen LogP contribution in [0, 0.1) is 0 Å². The molecule has 0 aromatic heterocycles. The normalized spacial score (nSPS) is 13.2. The van der Waals surface area contributed by atoms with E-state index < -0.39 is 16.1 Å². The first kappa shape index (κ1) is 22.6. The number of carbonyl (C=O) groups is 1. The van der Waals surface area contributed by atoms with Crippen LogP contribution in [0.5, 0.6) is 5.75 Å². The summed E-state index contributed by atoms with van der Waals surface area (Å²) in [7, 11) is -2.08. The van der Waals surface area contributed by atoms with E-state index in [1.807, 2.05) is 0 Å². The third-order valence-corrected chi connectivity index (χ3v) is 6.05. The summed E-state index contributed by atoms with van der Waals surface area (Å²) in [4.78, 5) is 12.6. The first-order valence-electron chi connectivity index (χ1n) is 8.54. The zero-order valence-electron chi connectivity index (χ0n) is 16.4. The summed E-state index contributed by atoms with van der Waals surface area (Å²) in [5.74, 6) is 1.11. The number of nitrogens with one attached hydrogen (secondary N) is 1. The van der Waals surface area contributed by atoms with Crippen molar-refractivity contribution in [3.63, 3.8) is 0 Å². The maximum absolute atomic E-state index is 12.6. The molecule has 0 bridgehead atoms. The SMILES string of the molecule is CC[C@H](C(=O)NCCSC(C)(C)C)N(c1ccc(OC)cc1)S(C)(=O)=O. The van der Waals surface area contributed by atoms with E-state index in [1.54, 1.807) is 50.1 Å². The number of hydrogen-bond donors (Lipinski definition) is 1. The molecule has 1 atom stereocenters. The maximum Gasteiger partial charge on any atom is 0.243 e. The van der Waals surface area contributed by atoms with Gasteiger partial charge in [0, 0.05) is 17.0 Å². The van der Waals surface area contributed by atoms with E-state index in [0.29, 0.717) is 24.4 Å². The molecule has 1 rings (SSSR count). The number of hydrogen-bond acceptors (Lipinski definition) is 5. The van der Waals surface area contributed by atoms with Gasteiger partial charge in [0.2, 0.25) is 15.9 Å². The zero-order valence-corrected chi connectivity index (χ0v) is 18.0. The number of benzene rings is 1. The van der Waals surface area contributed by atoms with Crippen molar-refractivity contribution >= 4 is 33.4 Å². The van der Waals surface area contributed by atoms with Crippen LogP contribution < -0.4 is 14.4 Å². The van der Waals surface area contributed by atoms with Crippen molar-refractivity contribution in [1.29, 1.82) is 0 Å². The van der Waals surface area contributed by atoms with Gasteiger partial charge in [0.05, 0.1) is 19.1 Å². The van der Waals surface area contributed by atoms with E-state index in [2.05, 4.69) is 26.1 Å². The molecule has 0 radical (unpaired) electrons. The van der Waals surface area contributed by atoms with Crippen molar-refractivity contribution in [2.75, 3.05) is 30.0 Å². The van der Waals surface area contributed by atoms with Crippen molar-refractivity contribution in [2.45, 2.75) is 44.9 Å². The van der Waals surface area contributed by atoms with Crippen LogP contribution in [0.4, 0.5) is 5.69 Å². The van der Waals surface area contributed by atoms with Crippen molar-refractivity contribution in [2.24, 2.45) is 0 Å². The van der Waals surface area contributed by atoms with E-state index in [1.165, 1.54) is 4.31 Å². The molecule has 1 N–H and O–H groups in total. The van der Waals surface area contributed by atoms with Crippen LogP contribution >= 0.6 is 11.8 Å². The minimum absolute atomic E-state index is 0.122. The number of amides is 1. The van der Waals surface area contributed by atoms with Gasteiger partial charge in [-0.05, 0) is 30.7 Å². The fourth-order valence-electron chi connectivity index (χ4n) is 2.44. The van der Waals surface area contributed by atoms with Crippen molar-refractivity contribution in [1.82, 2.24) is 5.32 Å². The fraction of sp³-hybridized carbons (Fsp3) is 0.611. The Kier molecular flexibility index (Phi) is 8.27. The molecule has 1 aromatic carbocycles. The third-order valence-electron chi connectivity index (χ3n) is 3.59. The first-order valence-corrected chi connectivity index (χ1v) is 11.4. The fourth-order valence-corrected chi connectivity index (χ4v) is 4.47. The molecule has 0 saturated carbocycles. The number of anilines is 1. The highest BCUT2D eigenvalue weighted by molar-refractivity contribution is 8.00. The molecule has 0 fully saturated rings. The summed E-state index contributed by atoms with van der Waals surface area (Å²) in [6.45, 7) is 8.64. The summed E-state index contributed by atoms with van der Waals surface area (Å²) in [6.07, 6.45) is 1.49. The lowest BCUT2D eigenvalue weighted by molar-refractivity contribution is -0.122. The Balaban J connectivity index is 2.93. The Bertz CT molecular complexity index is 682. The van der Waals surface area contributed by atoms with Gasteiger partial charge in [0.15, 0.2) is 0 Å². The molecule has 6 nitrogen and oxygen atoms in total. The highest BCUT2D eigenvalue weighted by Crippen LogP contribution is 2.25. The molecule has 0 aliphatic heterocycles. The highest BCUT2D eigenvalue weighted by Gasteiger charge is 2.31. The Morgan fingerprint density at radius 1 is 1.27 bits per heavy atom. The molecule has 26 heavy (non-hydrogen) atoms. The average molecular weight is 403 g/mol. The molecule has 8 heteroatoms. The summed E-state index contributed by atoms with van der Waals surface area (Å²) in [6, 6.07) is 5.85. The van der Waals surface area contributed by atoms with E-state index in [-0.39, 0.29) is 10.7 Å². The summed E-state index contributed by atoms with van der Waals surface area (Å²) in [5.41, 5.74) is 0.444. The summed E-state index contributed by atoms with van der Waals surface area (Å²) < 4.78 is 31.1. The van der Waals surface area contributed by atoms with Gasteiger partial charge in [0.1, 0.15) is 11.8 Å². The predicted octanol–water partition coefficient (Wildman–Crippen LogP) is 2.89. The van der Waals surface area contributed by atoms with Crippen LogP contribution in [0.3, 0.4) is 0 Å². The topological polar surface area (TPSA) is 75.7 Å². The van der Waals surface area contributed by atoms with Gasteiger partial charge < -0.3 is 10.1 Å². The van der Waals surface area contributed by atoms with Crippen LogP contribution in [-0.4, -0.2) is 50.8 Å². The van der Waals surface area contributed by atoms with Gasteiger partial charge in [-0.2, -0.15) is 11.8 Å². The number of methoxy groups -OCH3 is 1.